The van der Waals surface area contributed by atoms with Crippen molar-refractivity contribution in [3.63, 3.8) is 0 Å². The van der Waals surface area contributed by atoms with Crippen molar-refractivity contribution in [2.24, 2.45) is 0 Å². The van der Waals surface area contributed by atoms with Crippen LogP contribution in [0, 0.1) is 0 Å². The number of thiophene rings is 1. The maximum atomic E-state index is 12.5. The van der Waals surface area contributed by atoms with Gasteiger partial charge in [0.15, 0.2) is 0 Å². The van der Waals surface area contributed by atoms with Gasteiger partial charge in [0.1, 0.15) is 4.21 Å². The highest BCUT2D eigenvalue weighted by Gasteiger charge is 2.30. The van der Waals surface area contributed by atoms with E-state index < -0.39 is 21.8 Å². The first-order valence-corrected chi connectivity index (χ1v) is 8.23. The molecule has 9 heteroatoms. The Morgan fingerprint density at radius 1 is 1.15 bits per heavy atom. The Hall–Kier alpha value is -1.06. The van der Waals surface area contributed by atoms with Gasteiger partial charge in [0.05, 0.1) is 9.35 Å². The zero-order valence-electron chi connectivity index (χ0n) is 9.61. The van der Waals surface area contributed by atoms with E-state index >= 15 is 0 Å². The van der Waals surface area contributed by atoms with E-state index in [0.717, 1.165) is 29.5 Å². The van der Waals surface area contributed by atoms with Crippen LogP contribution in [0.25, 0.3) is 0 Å². The Balaban J connectivity index is 2.31. The molecule has 0 saturated heterocycles. The summed E-state index contributed by atoms with van der Waals surface area (Å²) in [4.78, 5) is 0. The molecule has 3 nitrogen and oxygen atoms in total. The second-order valence-electron chi connectivity index (χ2n) is 3.74. The highest BCUT2D eigenvalue weighted by molar-refractivity contribution is 9.11. The molecule has 0 atom stereocenters. The van der Waals surface area contributed by atoms with Crippen LogP contribution in [0.1, 0.15) is 5.56 Å². The zero-order chi connectivity index (χ0) is 15.0. The van der Waals surface area contributed by atoms with Crippen LogP contribution in [0.2, 0.25) is 0 Å². The molecule has 1 N–H and O–H groups in total. The van der Waals surface area contributed by atoms with Crippen molar-refractivity contribution >= 4 is 43.0 Å². The molecule has 0 amide bonds. The molecule has 0 bridgehead atoms. The molecular formula is C11H7BrF3NO2S2. The maximum absolute atomic E-state index is 12.5. The summed E-state index contributed by atoms with van der Waals surface area (Å²) in [5.74, 6) is 0. The second-order valence-corrected chi connectivity index (χ2v) is 8.11. The third-order valence-electron chi connectivity index (χ3n) is 2.26. The second kappa shape index (κ2) is 5.38. The Bertz CT molecular complexity index is 725. The number of halogens is 4. The summed E-state index contributed by atoms with van der Waals surface area (Å²) < 4.78 is 64.3. The lowest BCUT2D eigenvalue weighted by Crippen LogP contribution is -2.12. The van der Waals surface area contributed by atoms with Gasteiger partial charge in [0.2, 0.25) is 0 Å². The average molecular weight is 386 g/mol. The van der Waals surface area contributed by atoms with Crippen LogP contribution in [0.4, 0.5) is 18.9 Å². The topological polar surface area (TPSA) is 46.2 Å². The van der Waals surface area contributed by atoms with Crippen molar-refractivity contribution in [3.8, 4) is 0 Å². The van der Waals surface area contributed by atoms with Crippen LogP contribution in [-0.2, 0) is 16.2 Å². The van der Waals surface area contributed by atoms with E-state index in [9.17, 15) is 21.6 Å². The molecule has 20 heavy (non-hydrogen) atoms. The molecule has 0 spiro atoms. The number of hydrogen-bond acceptors (Lipinski definition) is 3. The van der Waals surface area contributed by atoms with Crippen LogP contribution in [-0.4, -0.2) is 8.42 Å². The predicted octanol–water partition coefficient (Wildman–Crippen LogP) is 4.33. The van der Waals surface area contributed by atoms with Crippen LogP contribution >= 0.6 is 27.3 Å². The van der Waals surface area contributed by atoms with E-state index in [1.807, 2.05) is 0 Å². The minimum absolute atomic E-state index is 0.0155. The monoisotopic (exact) mass is 385 g/mol. The number of sulfonamides is 1. The summed E-state index contributed by atoms with van der Waals surface area (Å²) >= 11 is 4.09. The molecule has 108 valence electrons. The van der Waals surface area contributed by atoms with Gasteiger partial charge in [-0.3, -0.25) is 4.72 Å². The van der Waals surface area contributed by atoms with Crippen LogP contribution in [0.3, 0.4) is 0 Å². The van der Waals surface area contributed by atoms with Gasteiger partial charge in [0, 0.05) is 5.69 Å². The fraction of sp³-hybridized carbons (Fsp3) is 0.0909. The van der Waals surface area contributed by atoms with Crippen molar-refractivity contribution in [1.82, 2.24) is 0 Å². The molecule has 0 unspecified atom stereocenters. The van der Waals surface area contributed by atoms with Crippen molar-refractivity contribution in [1.29, 1.82) is 0 Å². The molecule has 0 fully saturated rings. The summed E-state index contributed by atoms with van der Waals surface area (Å²) in [6.07, 6.45) is -4.52. The molecular weight excluding hydrogens is 379 g/mol. The van der Waals surface area contributed by atoms with Gasteiger partial charge in [-0.1, -0.05) is 6.07 Å². The Labute approximate surface area is 125 Å². The summed E-state index contributed by atoms with van der Waals surface area (Å²) in [7, 11) is -3.88. The fourth-order valence-electron chi connectivity index (χ4n) is 1.41. The first-order chi connectivity index (χ1) is 9.18. The molecule has 0 aliphatic carbocycles. The number of benzene rings is 1. The van der Waals surface area contributed by atoms with Crippen molar-refractivity contribution < 1.29 is 21.6 Å². The first-order valence-electron chi connectivity index (χ1n) is 5.14. The number of hydrogen-bond donors (Lipinski definition) is 1. The molecule has 0 aliphatic rings. The smallest absolute Gasteiger partial charge is 0.279 e. The van der Waals surface area contributed by atoms with Gasteiger partial charge in [-0.25, -0.2) is 8.42 Å². The third kappa shape index (κ3) is 3.53. The summed E-state index contributed by atoms with van der Waals surface area (Å²) in [5, 5.41) is 0. The normalized spacial score (nSPS) is 12.4. The van der Waals surface area contributed by atoms with Gasteiger partial charge in [-0.2, -0.15) is 13.2 Å². The minimum atomic E-state index is -4.52. The minimum Gasteiger partial charge on any atom is -0.279 e. The van der Waals surface area contributed by atoms with Crippen molar-refractivity contribution in [2.75, 3.05) is 4.72 Å². The highest BCUT2D eigenvalue weighted by atomic mass is 79.9. The highest BCUT2D eigenvalue weighted by Crippen LogP contribution is 2.32. The number of rotatable bonds is 3. The van der Waals surface area contributed by atoms with Crippen molar-refractivity contribution in [2.45, 2.75) is 10.4 Å². The van der Waals surface area contributed by atoms with Crippen molar-refractivity contribution in [3.05, 3.63) is 45.7 Å². The lowest BCUT2D eigenvalue weighted by molar-refractivity contribution is -0.137. The maximum Gasteiger partial charge on any atom is 0.416 e. The van der Waals surface area contributed by atoms with E-state index in [1.54, 1.807) is 6.07 Å². The van der Waals surface area contributed by atoms with Crippen LogP contribution in [0.5, 0.6) is 0 Å². The fourth-order valence-corrected chi connectivity index (χ4v) is 4.47. The molecule has 1 heterocycles. The Kier molecular flexibility index (Phi) is 4.12. The zero-order valence-corrected chi connectivity index (χ0v) is 12.8. The van der Waals surface area contributed by atoms with E-state index in [4.69, 9.17) is 0 Å². The quantitative estimate of drug-likeness (QED) is 0.854. The van der Waals surface area contributed by atoms with Crippen LogP contribution < -0.4 is 4.72 Å². The van der Waals surface area contributed by atoms with Gasteiger partial charge < -0.3 is 0 Å². The molecule has 2 aromatic rings. The van der Waals surface area contributed by atoms with Gasteiger partial charge in [-0.15, -0.1) is 11.3 Å². The number of alkyl halides is 3. The largest absolute Gasteiger partial charge is 0.416 e. The molecule has 0 saturated carbocycles. The molecule has 1 aromatic heterocycles. The summed E-state index contributed by atoms with van der Waals surface area (Å²) in [6, 6.07) is 6.94. The molecule has 2 rings (SSSR count). The molecule has 0 radical (unpaired) electrons. The van der Waals surface area contributed by atoms with Gasteiger partial charge in [0.25, 0.3) is 10.0 Å². The summed E-state index contributed by atoms with van der Waals surface area (Å²) in [6.45, 7) is 0. The SMILES string of the molecule is O=S(=O)(Nc1cccc(C(F)(F)F)c1)c1ccc(Br)s1. The lowest BCUT2D eigenvalue weighted by atomic mass is 10.2. The number of anilines is 1. The van der Waals surface area contributed by atoms with E-state index in [2.05, 4.69) is 20.7 Å². The van der Waals surface area contributed by atoms with E-state index in [0.29, 0.717) is 3.79 Å². The van der Waals surface area contributed by atoms with E-state index in [-0.39, 0.29) is 9.90 Å². The first kappa shape index (κ1) is 15.3. The number of nitrogens with one attached hydrogen (secondary N) is 1. The third-order valence-corrected chi connectivity index (χ3v) is 5.75. The Morgan fingerprint density at radius 2 is 1.85 bits per heavy atom. The van der Waals surface area contributed by atoms with Gasteiger partial charge >= 0.3 is 6.18 Å². The standard InChI is InChI=1S/C11H7BrF3NO2S2/c12-9-4-5-10(19-9)20(17,18)16-8-3-1-2-7(6-8)11(13,14)15/h1-6,16H. The predicted molar refractivity (Wildman–Crippen MR) is 74.3 cm³/mol. The Morgan fingerprint density at radius 3 is 2.40 bits per heavy atom. The average Bonchev–Trinajstić information content (AvgIpc) is 2.75. The summed E-state index contributed by atoms with van der Waals surface area (Å²) in [5.41, 5.74) is -1.05. The van der Waals surface area contributed by atoms with E-state index in [1.165, 1.54) is 12.1 Å². The van der Waals surface area contributed by atoms with Gasteiger partial charge in [-0.05, 0) is 46.3 Å². The van der Waals surface area contributed by atoms with Crippen LogP contribution in [0.15, 0.2) is 44.4 Å². The molecule has 1 aromatic carbocycles. The lowest BCUT2D eigenvalue weighted by Gasteiger charge is -2.10. The molecule has 0 aliphatic heterocycles.